The SMILES string of the molecule is N[C@@H](Cc1ccccc1)c1nc(Nc2ncccn2)sc1-c1cccc(O)c1. The zero-order valence-corrected chi connectivity index (χ0v) is 15.8. The van der Waals surface area contributed by atoms with Gasteiger partial charge in [0.25, 0.3) is 0 Å². The van der Waals surface area contributed by atoms with Crippen LogP contribution in [0.2, 0.25) is 0 Å². The van der Waals surface area contributed by atoms with Crippen LogP contribution in [0.3, 0.4) is 0 Å². The number of anilines is 2. The normalized spacial score (nSPS) is 11.9. The number of phenolic OH excluding ortho intramolecular Hbond substituents is 1. The Hall–Kier alpha value is -3.29. The topological polar surface area (TPSA) is 97.0 Å². The summed E-state index contributed by atoms with van der Waals surface area (Å²) in [7, 11) is 0. The van der Waals surface area contributed by atoms with Crippen molar-refractivity contribution in [2.75, 3.05) is 5.32 Å². The Labute approximate surface area is 166 Å². The van der Waals surface area contributed by atoms with E-state index < -0.39 is 0 Å². The van der Waals surface area contributed by atoms with Gasteiger partial charge < -0.3 is 16.2 Å². The van der Waals surface area contributed by atoms with Crippen molar-refractivity contribution in [1.29, 1.82) is 0 Å². The molecule has 0 saturated heterocycles. The molecule has 28 heavy (non-hydrogen) atoms. The number of thiazole rings is 1. The van der Waals surface area contributed by atoms with Crippen molar-refractivity contribution in [3.05, 3.63) is 84.3 Å². The molecule has 0 bridgehead atoms. The monoisotopic (exact) mass is 389 g/mol. The molecule has 7 heteroatoms. The molecule has 0 saturated carbocycles. The first-order valence-electron chi connectivity index (χ1n) is 8.83. The van der Waals surface area contributed by atoms with Crippen LogP contribution in [0.5, 0.6) is 5.75 Å². The Balaban J connectivity index is 1.70. The molecule has 0 aliphatic heterocycles. The summed E-state index contributed by atoms with van der Waals surface area (Å²) >= 11 is 1.46. The fourth-order valence-electron chi connectivity index (χ4n) is 2.91. The van der Waals surface area contributed by atoms with E-state index in [-0.39, 0.29) is 11.8 Å². The first-order valence-corrected chi connectivity index (χ1v) is 9.64. The van der Waals surface area contributed by atoms with Crippen LogP contribution in [0.1, 0.15) is 17.3 Å². The lowest BCUT2D eigenvalue weighted by molar-refractivity contribution is 0.475. The minimum Gasteiger partial charge on any atom is -0.508 e. The minimum atomic E-state index is -0.289. The number of rotatable bonds is 6. The van der Waals surface area contributed by atoms with E-state index >= 15 is 0 Å². The molecule has 1 atom stereocenters. The highest BCUT2D eigenvalue weighted by Crippen LogP contribution is 2.38. The van der Waals surface area contributed by atoms with Gasteiger partial charge in [0.2, 0.25) is 5.95 Å². The Bertz CT molecular complexity index is 1050. The summed E-state index contributed by atoms with van der Waals surface area (Å²) < 4.78 is 0. The number of nitrogens with two attached hydrogens (primary N) is 1. The van der Waals surface area contributed by atoms with E-state index in [9.17, 15) is 5.11 Å². The largest absolute Gasteiger partial charge is 0.508 e. The van der Waals surface area contributed by atoms with Crippen LogP contribution in [-0.2, 0) is 6.42 Å². The number of aromatic nitrogens is 3. The minimum absolute atomic E-state index is 0.203. The molecule has 6 nitrogen and oxygen atoms in total. The molecule has 4 N–H and O–H groups in total. The molecule has 4 aromatic rings. The Morgan fingerprint density at radius 2 is 1.79 bits per heavy atom. The third-order valence-corrected chi connectivity index (χ3v) is 5.23. The van der Waals surface area contributed by atoms with E-state index in [1.54, 1.807) is 30.6 Å². The van der Waals surface area contributed by atoms with Crippen LogP contribution in [0.15, 0.2) is 73.1 Å². The van der Waals surface area contributed by atoms with Crippen LogP contribution < -0.4 is 11.1 Å². The van der Waals surface area contributed by atoms with E-state index in [0.717, 1.165) is 21.7 Å². The maximum atomic E-state index is 9.90. The van der Waals surface area contributed by atoms with Gasteiger partial charge in [-0.25, -0.2) is 15.0 Å². The zero-order valence-electron chi connectivity index (χ0n) is 15.0. The first kappa shape index (κ1) is 18.1. The number of nitrogens with one attached hydrogen (secondary N) is 1. The number of hydrogen-bond donors (Lipinski definition) is 3. The van der Waals surface area contributed by atoms with Crippen molar-refractivity contribution < 1.29 is 5.11 Å². The van der Waals surface area contributed by atoms with Gasteiger partial charge in [0.15, 0.2) is 5.13 Å². The van der Waals surface area contributed by atoms with E-state index in [1.165, 1.54) is 11.3 Å². The van der Waals surface area contributed by atoms with Crippen LogP contribution >= 0.6 is 11.3 Å². The lowest BCUT2D eigenvalue weighted by Crippen LogP contribution is -2.14. The summed E-state index contributed by atoms with van der Waals surface area (Å²) in [5.74, 6) is 0.677. The van der Waals surface area contributed by atoms with Gasteiger partial charge in [-0.15, -0.1) is 0 Å². The van der Waals surface area contributed by atoms with Crippen molar-refractivity contribution in [2.45, 2.75) is 12.5 Å². The quantitative estimate of drug-likeness (QED) is 0.455. The van der Waals surface area contributed by atoms with Gasteiger partial charge in [0.05, 0.1) is 16.6 Å². The molecule has 0 aliphatic rings. The highest BCUT2D eigenvalue weighted by molar-refractivity contribution is 7.19. The predicted octanol–water partition coefficient (Wildman–Crippen LogP) is 4.29. The average Bonchev–Trinajstić information content (AvgIpc) is 3.13. The smallest absolute Gasteiger partial charge is 0.228 e. The molecular formula is C21H19N5OS. The molecule has 2 aromatic heterocycles. The summed E-state index contributed by atoms with van der Waals surface area (Å²) in [6.07, 6.45) is 4.00. The Kier molecular flexibility index (Phi) is 5.27. The highest BCUT2D eigenvalue weighted by atomic mass is 32.1. The second-order valence-corrected chi connectivity index (χ2v) is 7.28. The third kappa shape index (κ3) is 4.16. The summed E-state index contributed by atoms with van der Waals surface area (Å²) in [5.41, 5.74) is 9.33. The second kappa shape index (κ2) is 8.16. The summed E-state index contributed by atoms with van der Waals surface area (Å²) in [4.78, 5) is 14.0. The molecular weight excluding hydrogens is 370 g/mol. The fraction of sp³-hybridized carbons (Fsp3) is 0.0952. The van der Waals surface area contributed by atoms with E-state index in [2.05, 4.69) is 27.4 Å². The van der Waals surface area contributed by atoms with Crippen LogP contribution in [0, 0.1) is 0 Å². The molecule has 0 spiro atoms. The van der Waals surface area contributed by atoms with Crippen LogP contribution in [0.4, 0.5) is 11.1 Å². The van der Waals surface area contributed by atoms with Crippen molar-refractivity contribution in [1.82, 2.24) is 15.0 Å². The lowest BCUT2D eigenvalue weighted by atomic mass is 10.0. The predicted molar refractivity (Wildman–Crippen MR) is 112 cm³/mol. The summed E-state index contributed by atoms with van der Waals surface area (Å²) in [6, 6.07) is 18.7. The molecule has 2 heterocycles. The zero-order chi connectivity index (χ0) is 19.3. The average molecular weight is 389 g/mol. The molecule has 0 radical (unpaired) electrons. The Morgan fingerprint density at radius 1 is 1.00 bits per heavy atom. The molecule has 2 aromatic carbocycles. The highest BCUT2D eigenvalue weighted by Gasteiger charge is 2.20. The molecule has 0 unspecified atom stereocenters. The molecule has 0 aliphatic carbocycles. The number of benzene rings is 2. The van der Waals surface area contributed by atoms with Gasteiger partial charge in [0, 0.05) is 12.4 Å². The van der Waals surface area contributed by atoms with Gasteiger partial charge in [0.1, 0.15) is 5.75 Å². The number of phenols is 1. The van der Waals surface area contributed by atoms with Crippen molar-refractivity contribution >= 4 is 22.4 Å². The second-order valence-electron chi connectivity index (χ2n) is 6.28. The number of aromatic hydroxyl groups is 1. The van der Waals surface area contributed by atoms with Crippen molar-refractivity contribution in [2.24, 2.45) is 5.73 Å². The fourth-order valence-corrected chi connectivity index (χ4v) is 3.94. The summed E-state index contributed by atoms with van der Waals surface area (Å²) in [6.45, 7) is 0. The van der Waals surface area contributed by atoms with Gasteiger partial charge in [-0.1, -0.05) is 53.8 Å². The van der Waals surface area contributed by atoms with Crippen molar-refractivity contribution in [3.8, 4) is 16.2 Å². The molecule has 0 fully saturated rings. The van der Waals surface area contributed by atoms with Crippen LogP contribution in [-0.4, -0.2) is 20.1 Å². The number of hydrogen-bond acceptors (Lipinski definition) is 7. The molecule has 4 rings (SSSR count). The van der Waals surface area contributed by atoms with Gasteiger partial charge in [-0.3, -0.25) is 0 Å². The van der Waals surface area contributed by atoms with E-state index in [1.807, 2.05) is 30.3 Å². The van der Waals surface area contributed by atoms with Crippen molar-refractivity contribution in [3.63, 3.8) is 0 Å². The molecule has 0 amide bonds. The Morgan fingerprint density at radius 3 is 2.54 bits per heavy atom. The standard InChI is InChI=1S/C21H19N5OS/c22-17(12-14-6-2-1-3-7-14)18-19(15-8-4-9-16(27)13-15)28-21(25-18)26-20-23-10-5-11-24-20/h1-11,13,17,27H,12,22H2,(H,23,24,25,26)/t17-/m0/s1. The maximum absolute atomic E-state index is 9.90. The van der Waals surface area contributed by atoms with Crippen LogP contribution in [0.25, 0.3) is 10.4 Å². The van der Waals surface area contributed by atoms with Gasteiger partial charge in [-0.2, -0.15) is 0 Å². The molecule has 140 valence electrons. The van der Waals surface area contributed by atoms with E-state index in [0.29, 0.717) is 17.5 Å². The van der Waals surface area contributed by atoms with Gasteiger partial charge >= 0.3 is 0 Å². The number of nitrogens with zero attached hydrogens (tertiary/aromatic N) is 3. The first-order chi connectivity index (χ1) is 13.7. The maximum Gasteiger partial charge on any atom is 0.228 e. The lowest BCUT2D eigenvalue weighted by Gasteiger charge is -2.12. The summed E-state index contributed by atoms with van der Waals surface area (Å²) in [5, 5.41) is 13.7. The third-order valence-electron chi connectivity index (χ3n) is 4.20. The van der Waals surface area contributed by atoms with E-state index in [4.69, 9.17) is 10.7 Å². The van der Waals surface area contributed by atoms with Gasteiger partial charge in [-0.05, 0) is 35.7 Å².